The van der Waals surface area contributed by atoms with Crippen molar-refractivity contribution in [3.63, 3.8) is 0 Å². The van der Waals surface area contributed by atoms with Crippen LogP contribution in [0.1, 0.15) is 24.0 Å². The quantitative estimate of drug-likeness (QED) is 0.841. The van der Waals surface area contributed by atoms with Crippen molar-refractivity contribution >= 4 is 22.0 Å². The van der Waals surface area contributed by atoms with Crippen molar-refractivity contribution in [2.24, 2.45) is 0 Å². The maximum atomic E-state index is 10.5. The van der Waals surface area contributed by atoms with Crippen LogP contribution in [0.2, 0.25) is 0 Å². The van der Waals surface area contributed by atoms with Crippen molar-refractivity contribution in [1.82, 2.24) is 5.32 Å². The first-order valence-electron chi connectivity index (χ1n) is 6.01. The summed E-state index contributed by atoms with van der Waals surface area (Å²) in [6.07, 6.45) is 5.73. The maximum absolute atomic E-state index is 10.5. The van der Waals surface area contributed by atoms with Crippen LogP contribution in [0.25, 0.3) is 6.08 Å². The summed E-state index contributed by atoms with van der Waals surface area (Å²) in [7, 11) is 0. The van der Waals surface area contributed by atoms with Gasteiger partial charge in [-0.3, -0.25) is 0 Å². The van der Waals surface area contributed by atoms with E-state index in [1.807, 2.05) is 12.1 Å². The van der Waals surface area contributed by atoms with Gasteiger partial charge in [0, 0.05) is 5.33 Å². The summed E-state index contributed by atoms with van der Waals surface area (Å²) in [4.78, 5) is 0. The van der Waals surface area contributed by atoms with E-state index in [4.69, 9.17) is 0 Å². The Balaban J connectivity index is 2.14. The highest BCUT2D eigenvalue weighted by molar-refractivity contribution is 9.09. The number of alkyl halides is 1. The zero-order chi connectivity index (χ0) is 12.1. The molecule has 1 aromatic carbocycles. The van der Waals surface area contributed by atoms with Gasteiger partial charge in [0.25, 0.3) is 0 Å². The molecule has 92 valence electrons. The third-order valence-corrected chi connectivity index (χ3v) is 3.65. The second-order valence-electron chi connectivity index (χ2n) is 4.46. The molecule has 1 heterocycles. The number of nitrogens with one attached hydrogen (secondary N) is 1. The van der Waals surface area contributed by atoms with Crippen LogP contribution >= 0.6 is 15.9 Å². The molecule has 0 aliphatic carbocycles. The summed E-state index contributed by atoms with van der Waals surface area (Å²) in [5.41, 5.74) is 1.57. The lowest BCUT2D eigenvalue weighted by Gasteiger charge is -2.33. The lowest BCUT2D eigenvalue weighted by atomic mass is 9.85. The lowest BCUT2D eigenvalue weighted by molar-refractivity contribution is 0.00594. The molecule has 17 heavy (non-hydrogen) atoms. The zero-order valence-corrected chi connectivity index (χ0v) is 11.4. The van der Waals surface area contributed by atoms with Crippen molar-refractivity contribution in [2.45, 2.75) is 18.4 Å². The van der Waals surface area contributed by atoms with Crippen LogP contribution in [0.3, 0.4) is 0 Å². The van der Waals surface area contributed by atoms with Crippen LogP contribution in [0.5, 0.6) is 0 Å². The maximum Gasteiger partial charge on any atom is 0.0920 e. The molecule has 1 fully saturated rings. The summed E-state index contributed by atoms with van der Waals surface area (Å²) in [5.74, 6) is 0. The Morgan fingerprint density at radius 2 is 1.88 bits per heavy atom. The molecule has 0 bridgehead atoms. The second kappa shape index (κ2) is 5.80. The number of halogens is 1. The van der Waals surface area contributed by atoms with Gasteiger partial charge in [0.2, 0.25) is 0 Å². The highest BCUT2D eigenvalue weighted by Gasteiger charge is 2.30. The summed E-state index contributed by atoms with van der Waals surface area (Å²) in [6.45, 7) is 1.78. The minimum Gasteiger partial charge on any atom is -0.385 e. The molecule has 1 saturated heterocycles. The van der Waals surface area contributed by atoms with Gasteiger partial charge in [-0.15, -0.1) is 0 Å². The molecule has 3 heteroatoms. The average Bonchev–Trinajstić information content (AvgIpc) is 2.38. The first-order chi connectivity index (χ1) is 8.24. The largest absolute Gasteiger partial charge is 0.385 e. The molecule has 0 unspecified atom stereocenters. The lowest BCUT2D eigenvalue weighted by Crippen LogP contribution is -2.39. The van der Waals surface area contributed by atoms with Crippen LogP contribution in [0, 0.1) is 0 Å². The monoisotopic (exact) mass is 295 g/mol. The molecule has 0 radical (unpaired) electrons. The fourth-order valence-corrected chi connectivity index (χ4v) is 2.40. The minimum atomic E-state index is -0.636. The molecule has 0 atom stereocenters. The molecule has 0 spiro atoms. The summed E-state index contributed by atoms with van der Waals surface area (Å²) >= 11 is 3.36. The molecule has 2 rings (SSSR count). The highest BCUT2D eigenvalue weighted by Crippen LogP contribution is 2.30. The summed E-state index contributed by atoms with van der Waals surface area (Å²) in [6, 6.07) is 8.21. The van der Waals surface area contributed by atoms with Gasteiger partial charge in [0.1, 0.15) is 0 Å². The molecular formula is C14H18BrNO. The zero-order valence-electron chi connectivity index (χ0n) is 9.82. The SMILES string of the molecule is OC1(c2ccc(C=CCBr)cc2)CCNCC1. The summed E-state index contributed by atoms with van der Waals surface area (Å²) < 4.78 is 0. The van der Waals surface area contributed by atoms with Crippen molar-refractivity contribution in [2.75, 3.05) is 18.4 Å². The number of hydrogen-bond acceptors (Lipinski definition) is 2. The van der Waals surface area contributed by atoms with Crippen LogP contribution in [0.4, 0.5) is 0 Å². The molecule has 1 aromatic rings. The van der Waals surface area contributed by atoms with Crippen LogP contribution < -0.4 is 5.32 Å². The van der Waals surface area contributed by atoms with Crippen molar-refractivity contribution in [3.05, 3.63) is 41.5 Å². The Morgan fingerprint density at radius 1 is 1.24 bits per heavy atom. The standard InChI is InChI=1S/C14H18BrNO/c15-9-1-2-12-3-5-13(6-4-12)14(17)7-10-16-11-8-14/h1-6,16-17H,7-11H2. The normalized spacial score (nSPS) is 19.6. The van der Waals surface area contributed by atoms with Crippen molar-refractivity contribution in [3.8, 4) is 0 Å². The van der Waals surface area contributed by atoms with E-state index >= 15 is 0 Å². The van der Waals surface area contributed by atoms with E-state index in [0.717, 1.165) is 36.8 Å². The van der Waals surface area contributed by atoms with E-state index in [1.54, 1.807) is 0 Å². The van der Waals surface area contributed by atoms with Gasteiger partial charge in [-0.1, -0.05) is 52.3 Å². The molecule has 1 aliphatic rings. The van der Waals surface area contributed by atoms with Crippen LogP contribution in [-0.2, 0) is 5.60 Å². The van der Waals surface area contributed by atoms with E-state index in [2.05, 4.69) is 45.5 Å². The topological polar surface area (TPSA) is 32.3 Å². The smallest absolute Gasteiger partial charge is 0.0920 e. The Hall–Kier alpha value is -0.640. The van der Waals surface area contributed by atoms with Crippen molar-refractivity contribution < 1.29 is 5.11 Å². The third kappa shape index (κ3) is 3.18. The third-order valence-electron chi connectivity index (χ3n) is 3.28. The fourth-order valence-electron chi connectivity index (χ4n) is 2.21. The van der Waals surface area contributed by atoms with Crippen LogP contribution in [-0.4, -0.2) is 23.5 Å². The molecule has 0 amide bonds. The Labute approximate surface area is 111 Å². The molecule has 2 nitrogen and oxygen atoms in total. The molecule has 0 saturated carbocycles. The van der Waals surface area contributed by atoms with Gasteiger partial charge < -0.3 is 10.4 Å². The predicted octanol–water partition coefficient (Wildman–Crippen LogP) is 2.67. The van der Waals surface area contributed by atoms with Gasteiger partial charge in [0.15, 0.2) is 0 Å². The van der Waals surface area contributed by atoms with E-state index in [1.165, 1.54) is 5.56 Å². The minimum absolute atomic E-state index is 0.636. The van der Waals surface area contributed by atoms with Gasteiger partial charge in [-0.05, 0) is 37.1 Å². The van der Waals surface area contributed by atoms with Crippen molar-refractivity contribution in [1.29, 1.82) is 0 Å². The van der Waals surface area contributed by atoms with E-state index in [9.17, 15) is 5.11 Å². The predicted molar refractivity (Wildman–Crippen MR) is 75.3 cm³/mol. The highest BCUT2D eigenvalue weighted by atomic mass is 79.9. The molecule has 0 aromatic heterocycles. The summed E-state index contributed by atoms with van der Waals surface area (Å²) in [5, 5.41) is 14.7. The number of hydrogen-bond donors (Lipinski definition) is 2. The van der Waals surface area contributed by atoms with E-state index in [0.29, 0.717) is 0 Å². The second-order valence-corrected chi connectivity index (χ2v) is 5.11. The number of benzene rings is 1. The van der Waals surface area contributed by atoms with Gasteiger partial charge in [0.05, 0.1) is 5.60 Å². The number of rotatable bonds is 3. The Kier molecular flexibility index (Phi) is 4.37. The number of allylic oxidation sites excluding steroid dienone is 1. The average molecular weight is 296 g/mol. The number of piperidine rings is 1. The fraction of sp³-hybridized carbons (Fsp3) is 0.429. The van der Waals surface area contributed by atoms with E-state index in [-0.39, 0.29) is 0 Å². The van der Waals surface area contributed by atoms with Gasteiger partial charge >= 0.3 is 0 Å². The van der Waals surface area contributed by atoms with Crippen LogP contribution in [0.15, 0.2) is 30.3 Å². The first kappa shape index (κ1) is 12.8. The molecule has 2 N–H and O–H groups in total. The number of aliphatic hydroxyl groups is 1. The van der Waals surface area contributed by atoms with Gasteiger partial charge in [-0.2, -0.15) is 0 Å². The first-order valence-corrected chi connectivity index (χ1v) is 7.13. The Bertz CT molecular complexity index is 380. The Morgan fingerprint density at radius 3 is 2.47 bits per heavy atom. The molecule has 1 aliphatic heterocycles. The molecular weight excluding hydrogens is 278 g/mol. The van der Waals surface area contributed by atoms with E-state index < -0.39 is 5.60 Å². The van der Waals surface area contributed by atoms with Gasteiger partial charge in [-0.25, -0.2) is 0 Å².